The molecule has 1 aliphatic heterocycles. The number of benzene rings is 2. The number of nitrogens with one attached hydrogen (secondary N) is 1. The van der Waals surface area contributed by atoms with E-state index >= 15 is 0 Å². The van der Waals surface area contributed by atoms with Crippen molar-refractivity contribution in [1.82, 2.24) is 10.2 Å². The second-order valence-corrected chi connectivity index (χ2v) is 9.29. The number of carbonyl (C=O) groups excluding carboxylic acids is 2. The quantitative estimate of drug-likeness (QED) is 0.703. The molecule has 1 saturated heterocycles. The van der Waals surface area contributed by atoms with Crippen LogP contribution < -0.4 is 5.32 Å². The van der Waals surface area contributed by atoms with Crippen LogP contribution in [0, 0.1) is 5.82 Å². The Morgan fingerprint density at radius 1 is 1.11 bits per heavy atom. The summed E-state index contributed by atoms with van der Waals surface area (Å²) in [6, 6.07) is 11.0. The van der Waals surface area contributed by atoms with E-state index in [1.807, 2.05) is 0 Å². The molecule has 0 saturated carbocycles. The summed E-state index contributed by atoms with van der Waals surface area (Å²) in [5.41, 5.74) is -1.55. The van der Waals surface area contributed by atoms with Gasteiger partial charge in [0.05, 0.1) is 10.6 Å². The van der Waals surface area contributed by atoms with E-state index in [2.05, 4.69) is 21.2 Å². The summed E-state index contributed by atoms with van der Waals surface area (Å²) >= 11 is 3.23. The average Bonchev–Trinajstić information content (AvgIpc) is 2.83. The van der Waals surface area contributed by atoms with Crippen molar-refractivity contribution in [1.29, 1.82) is 0 Å². The molecular formula is C18H16BrFN2O4S. The highest BCUT2D eigenvalue weighted by atomic mass is 79.9. The lowest BCUT2D eigenvalue weighted by atomic mass is 9.91. The second kappa shape index (κ2) is 7.05. The Labute approximate surface area is 164 Å². The normalized spacial score (nSPS) is 20.0. The Morgan fingerprint density at radius 2 is 1.74 bits per heavy atom. The monoisotopic (exact) mass is 454 g/mol. The van der Waals surface area contributed by atoms with E-state index in [9.17, 15) is 22.4 Å². The molecule has 0 aromatic heterocycles. The molecule has 1 unspecified atom stereocenters. The van der Waals surface area contributed by atoms with E-state index < -0.39 is 38.9 Å². The van der Waals surface area contributed by atoms with Crippen LogP contribution in [0.2, 0.25) is 0 Å². The van der Waals surface area contributed by atoms with Crippen molar-refractivity contribution in [2.45, 2.75) is 17.4 Å². The standard InChI is InChI=1S/C18H16BrFN2O4S/c1-18(14-4-2-3-5-15(14)20)16(23)22(17(24)21-18)10-11-27(25,26)13-8-6-12(19)7-9-13/h2-9H,10-11H2,1H3,(H,21,24). The summed E-state index contributed by atoms with van der Waals surface area (Å²) in [7, 11) is -3.69. The second-order valence-electron chi connectivity index (χ2n) is 6.26. The molecule has 1 aliphatic rings. The topological polar surface area (TPSA) is 83.6 Å². The third kappa shape index (κ3) is 3.61. The maximum atomic E-state index is 14.1. The summed E-state index contributed by atoms with van der Waals surface area (Å²) in [5.74, 6) is -1.75. The number of sulfone groups is 1. The van der Waals surface area contributed by atoms with E-state index in [4.69, 9.17) is 0 Å². The molecule has 0 aliphatic carbocycles. The predicted molar refractivity (Wildman–Crippen MR) is 100 cm³/mol. The van der Waals surface area contributed by atoms with E-state index in [0.29, 0.717) is 0 Å². The van der Waals surface area contributed by atoms with Gasteiger partial charge in [0.1, 0.15) is 11.4 Å². The Kier molecular flexibility index (Phi) is 5.09. The summed E-state index contributed by atoms with van der Waals surface area (Å²) in [5, 5.41) is 2.47. The average molecular weight is 455 g/mol. The number of halogens is 2. The van der Waals surface area contributed by atoms with Crippen LogP contribution >= 0.6 is 15.9 Å². The van der Waals surface area contributed by atoms with E-state index in [1.165, 1.54) is 37.3 Å². The highest BCUT2D eigenvalue weighted by Crippen LogP contribution is 2.30. The van der Waals surface area contributed by atoms with Gasteiger partial charge < -0.3 is 5.32 Å². The van der Waals surface area contributed by atoms with Crippen molar-refractivity contribution in [3.05, 3.63) is 64.4 Å². The first-order valence-corrected chi connectivity index (χ1v) is 10.5. The zero-order valence-electron chi connectivity index (χ0n) is 14.3. The van der Waals surface area contributed by atoms with Crippen LogP contribution in [0.3, 0.4) is 0 Å². The van der Waals surface area contributed by atoms with E-state index in [0.717, 1.165) is 9.37 Å². The first-order valence-electron chi connectivity index (χ1n) is 8.02. The third-order valence-corrected chi connectivity index (χ3v) is 6.68. The molecule has 27 heavy (non-hydrogen) atoms. The number of carbonyl (C=O) groups is 2. The first kappa shape index (κ1) is 19.5. The molecule has 6 nitrogen and oxygen atoms in total. The maximum Gasteiger partial charge on any atom is 0.325 e. The highest BCUT2D eigenvalue weighted by molar-refractivity contribution is 9.10. The van der Waals surface area contributed by atoms with E-state index in [-0.39, 0.29) is 17.0 Å². The number of amides is 3. The van der Waals surface area contributed by atoms with Crippen molar-refractivity contribution in [3.8, 4) is 0 Å². The van der Waals surface area contributed by atoms with Crippen LogP contribution in [-0.4, -0.2) is 37.6 Å². The zero-order valence-corrected chi connectivity index (χ0v) is 16.7. The molecular weight excluding hydrogens is 439 g/mol. The van der Waals surface area contributed by atoms with Crippen molar-refractivity contribution < 1.29 is 22.4 Å². The molecule has 9 heteroatoms. The van der Waals surface area contributed by atoms with Crippen LogP contribution in [0.4, 0.5) is 9.18 Å². The molecule has 1 atom stereocenters. The largest absolute Gasteiger partial charge is 0.325 e. The van der Waals surface area contributed by atoms with Gasteiger partial charge in [-0.05, 0) is 37.3 Å². The Bertz CT molecular complexity index is 1010. The lowest BCUT2D eigenvalue weighted by Gasteiger charge is -2.22. The van der Waals surface area contributed by atoms with Gasteiger partial charge in [-0.15, -0.1) is 0 Å². The maximum absolute atomic E-state index is 14.1. The van der Waals surface area contributed by atoms with Crippen LogP contribution in [0.15, 0.2) is 57.9 Å². The fourth-order valence-corrected chi connectivity index (χ4v) is 4.39. The van der Waals surface area contributed by atoms with Crippen LogP contribution in [0.5, 0.6) is 0 Å². The van der Waals surface area contributed by atoms with Gasteiger partial charge in [-0.3, -0.25) is 9.69 Å². The minimum Gasteiger partial charge on any atom is -0.319 e. The van der Waals surface area contributed by atoms with Gasteiger partial charge in [0.2, 0.25) is 0 Å². The Hall–Kier alpha value is -2.26. The van der Waals surface area contributed by atoms with Crippen molar-refractivity contribution >= 4 is 37.7 Å². The fourth-order valence-electron chi connectivity index (χ4n) is 2.92. The van der Waals surface area contributed by atoms with Crippen LogP contribution in [0.25, 0.3) is 0 Å². The summed E-state index contributed by atoms with van der Waals surface area (Å²) in [6.07, 6.45) is 0. The Morgan fingerprint density at radius 3 is 2.37 bits per heavy atom. The number of nitrogens with zero attached hydrogens (tertiary/aromatic N) is 1. The van der Waals surface area contributed by atoms with Crippen molar-refractivity contribution in [2.24, 2.45) is 0 Å². The molecule has 1 heterocycles. The minimum absolute atomic E-state index is 0.0293. The summed E-state index contributed by atoms with van der Waals surface area (Å²) in [6.45, 7) is 1.07. The fraction of sp³-hybridized carbons (Fsp3) is 0.222. The number of imide groups is 1. The molecule has 0 spiro atoms. The van der Waals surface area contributed by atoms with Gasteiger partial charge in [-0.2, -0.15) is 0 Å². The SMILES string of the molecule is CC1(c2ccccc2F)NC(=O)N(CCS(=O)(=O)c2ccc(Br)cc2)C1=O. The van der Waals surface area contributed by atoms with E-state index in [1.54, 1.807) is 18.2 Å². The summed E-state index contributed by atoms with van der Waals surface area (Å²) in [4.78, 5) is 25.9. The molecule has 3 amide bonds. The molecule has 2 aromatic carbocycles. The van der Waals surface area contributed by atoms with Gasteiger partial charge >= 0.3 is 6.03 Å². The highest BCUT2D eigenvalue weighted by Gasteiger charge is 2.50. The molecule has 2 aromatic rings. The summed E-state index contributed by atoms with van der Waals surface area (Å²) < 4.78 is 39.8. The minimum atomic E-state index is -3.69. The molecule has 0 bridgehead atoms. The first-order chi connectivity index (χ1) is 12.6. The van der Waals surface area contributed by atoms with Gasteiger partial charge in [-0.1, -0.05) is 34.1 Å². The third-order valence-electron chi connectivity index (χ3n) is 4.44. The zero-order chi connectivity index (χ0) is 19.8. The molecule has 0 radical (unpaired) electrons. The number of hydrogen-bond acceptors (Lipinski definition) is 4. The van der Waals surface area contributed by atoms with Crippen LogP contribution in [0.1, 0.15) is 12.5 Å². The van der Waals surface area contributed by atoms with Crippen LogP contribution in [-0.2, 0) is 20.2 Å². The van der Waals surface area contributed by atoms with Gasteiger partial charge in [-0.25, -0.2) is 17.6 Å². The van der Waals surface area contributed by atoms with Gasteiger partial charge in [0, 0.05) is 16.6 Å². The number of hydrogen-bond donors (Lipinski definition) is 1. The van der Waals surface area contributed by atoms with Gasteiger partial charge in [0.25, 0.3) is 5.91 Å². The lowest BCUT2D eigenvalue weighted by molar-refractivity contribution is -0.130. The number of rotatable bonds is 5. The van der Waals surface area contributed by atoms with Gasteiger partial charge in [0.15, 0.2) is 9.84 Å². The predicted octanol–water partition coefficient (Wildman–Crippen LogP) is 2.83. The van der Waals surface area contributed by atoms with Crippen molar-refractivity contribution in [2.75, 3.05) is 12.3 Å². The lowest BCUT2D eigenvalue weighted by Crippen LogP contribution is -2.42. The molecule has 3 rings (SSSR count). The smallest absolute Gasteiger partial charge is 0.319 e. The molecule has 1 fully saturated rings. The molecule has 1 N–H and O–H groups in total. The molecule has 142 valence electrons. The van der Waals surface area contributed by atoms with Crippen molar-refractivity contribution in [3.63, 3.8) is 0 Å². The number of urea groups is 1. The Balaban J connectivity index is 1.80.